The van der Waals surface area contributed by atoms with Gasteiger partial charge in [0.05, 0.1) is 0 Å². The van der Waals surface area contributed by atoms with Crippen molar-refractivity contribution < 1.29 is 35.2 Å². The first kappa shape index (κ1) is 38.7. The Kier molecular flexibility index (Phi) is 17.7. The topological polar surface area (TPSA) is 12.4 Å². The molecule has 0 spiro atoms. The summed E-state index contributed by atoms with van der Waals surface area (Å²) in [7, 11) is 4.04. The van der Waals surface area contributed by atoms with Crippen LogP contribution in [0.2, 0.25) is 0 Å². The van der Waals surface area contributed by atoms with E-state index in [0.29, 0.717) is 11.3 Å². The van der Waals surface area contributed by atoms with E-state index in [2.05, 4.69) is 146 Å². The van der Waals surface area contributed by atoms with Crippen LogP contribution in [0.4, 0.5) is 0 Å². The van der Waals surface area contributed by atoms with Crippen molar-refractivity contribution >= 4 is 39.1 Å². The molecule has 0 aliphatic heterocycles. The molecule has 1 unspecified atom stereocenters. The number of halogens is 1. The molecule has 5 aliphatic carbocycles. The molecule has 1 nitrogen and oxygen atoms in total. The Morgan fingerprint density at radius 1 is 0.756 bits per heavy atom. The van der Waals surface area contributed by atoms with Crippen LogP contribution in [0.1, 0.15) is 91.4 Å². The van der Waals surface area contributed by atoms with Gasteiger partial charge in [-0.05, 0) is 78.9 Å². The molecule has 5 saturated carbocycles. The van der Waals surface area contributed by atoms with Gasteiger partial charge in [-0.3, -0.25) is 4.99 Å². The summed E-state index contributed by atoms with van der Waals surface area (Å²) in [5.41, 5.74) is 2.03. The summed E-state index contributed by atoms with van der Waals surface area (Å²) in [5, 5.41) is 4.19. The normalized spacial score (nSPS) is 24.4. The minimum Gasteiger partial charge on any atom is -0.0622 e. The van der Waals surface area contributed by atoms with E-state index in [9.17, 15) is 0 Å². The minimum atomic E-state index is -0.446. The Hall–Kier alpha value is -0.768. The summed E-state index contributed by atoms with van der Waals surface area (Å²) in [4.78, 5) is 4.96. The van der Waals surface area contributed by atoms with Gasteiger partial charge in [0.25, 0.3) is 0 Å². The molecule has 246 valence electrons. The van der Waals surface area contributed by atoms with Crippen molar-refractivity contribution in [3.05, 3.63) is 97.4 Å². The molecule has 0 amide bonds. The molecule has 0 saturated heterocycles. The predicted molar refractivity (Wildman–Crippen MR) is 192 cm³/mol. The van der Waals surface area contributed by atoms with Crippen molar-refractivity contribution in [2.45, 2.75) is 91.4 Å². The summed E-state index contributed by atoms with van der Waals surface area (Å²) in [5.74, 6) is 3.56. The Labute approximate surface area is 301 Å². The predicted octanol–water partition coefficient (Wildman–Crippen LogP) is 10.6. The molecule has 5 heteroatoms. The van der Waals surface area contributed by atoms with Gasteiger partial charge in [-0.15, -0.1) is 5.92 Å². The van der Waals surface area contributed by atoms with E-state index >= 15 is 0 Å². The first-order valence-electron chi connectivity index (χ1n) is 17.0. The number of hydrogen-bond donors (Lipinski definition) is 0. The number of benzene rings is 3. The van der Waals surface area contributed by atoms with Crippen LogP contribution in [-0.2, 0) is 35.2 Å². The van der Waals surface area contributed by atoms with Crippen LogP contribution < -0.4 is 15.9 Å². The summed E-state index contributed by atoms with van der Waals surface area (Å²) in [6.45, 7) is 8.33. The standard InChI is InChI=1S/C18H15P.C17H28N.C5H10.ClH.Fe.Pd/c1-4-10-16(11-5-1)19(17-12-6-2-7-13-17)18-14-8-3-9-15-18;1-12(13-6-4-5-7-13)18-11-14-8-9-15-10-16(14)17(15,2)3;1-2-4-5-3-1;;;/h1-15H;6,13-16H,4-5,7-11H2,1-3H3;1-5H2;1H;;/q;-1;;;2*+2/p-1/t;13?,14-,15+,16+;;;;/m.0..../s1. The van der Waals surface area contributed by atoms with Gasteiger partial charge in [-0.1, -0.05) is 150 Å². The maximum absolute atomic E-state index is 4.96. The SMILES string of the molecule is C1CCCC1.CC(=NC[C@@H]1CC[C@@H]2C[C@H]1C2(C)C)C1[CH-]CCC1.[Cl][Pd+].[Fe+2].c1ccc(P(c2ccccc2)c2ccccc2)cc1. The quantitative estimate of drug-likeness (QED) is 0.102. The fourth-order valence-electron chi connectivity index (χ4n) is 7.78. The second-order valence-electron chi connectivity index (χ2n) is 13.6. The van der Waals surface area contributed by atoms with E-state index < -0.39 is 7.92 Å². The maximum atomic E-state index is 4.96. The van der Waals surface area contributed by atoms with Gasteiger partial charge in [0.1, 0.15) is 0 Å². The molecule has 3 aromatic carbocycles. The summed E-state index contributed by atoms with van der Waals surface area (Å²) in [6.07, 6.45) is 18.4. The van der Waals surface area contributed by atoms with Crippen molar-refractivity contribution in [3.63, 3.8) is 0 Å². The second kappa shape index (κ2) is 20.6. The van der Waals surface area contributed by atoms with Gasteiger partial charge in [-0.2, -0.15) is 6.42 Å². The van der Waals surface area contributed by atoms with Gasteiger partial charge in [0.15, 0.2) is 0 Å². The number of fused-ring (bicyclic) bond motifs is 2. The molecule has 0 aromatic heterocycles. The monoisotopic (exact) mass is 775 g/mol. The van der Waals surface area contributed by atoms with Crippen molar-refractivity contribution in [1.82, 2.24) is 0 Å². The molecule has 5 fully saturated rings. The molecule has 45 heavy (non-hydrogen) atoms. The third kappa shape index (κ3) is 11.1. The fraction of sp³-hybridized carbons (Fsp3) is 0.500. The Bertz CT molecular complexity index is 1130. The van der Waals surface area contributed by atoms with Crippen LogP contribution in [0.25, 0.3) is 0 Å². The number of nitrogens with zero attached hydrogens (tertiary/aromatic N) is 1. The van der Waals surface area contributed by atoms with E-state index in [1.165, 1.54) is 92.3 Å². The van der Waals surface area contributed by atoms with Gasteiger partial charge in [0.2, 0.25) is 0 Å². The van der Waals surface area contributed by atoms with E-state index in [-0.39, 0.29) is 17.1 Å². The summed E-state index contributed by atoms with van der Waals surface area (Å²) >= 11 is 2.22. The fourth-order valence-corrected chi connectivity index (χ4v) is 10.1. The maximum Gasteiger partial charge on any atom is 2.00 e. The molecule has 0 heterocycles. The summed E-state index contributed by atoms with van der Waals surface area (Å²) in [6, 6.07) is 32.3. The third-order valence-electron chi connectivity index (χ3n) is 10.6. The van der Waals surface area contributed by atoms with Gasteiger partial charge < -0.3 is 6.42 Å². The van der Waals surface area contributed by atoms with E-state index in [1.54, 1.807) is 0 Å². The Morgan fingerprint density at radius 3 is 1.60 bits per heavy atom. The van der Waals surface area contributed by atoms with Crippen molar-refractivity contribution in [1.29, 1.82) is 0 Å². The first-order valence-corrected chi connectivity index (χ1v) is 20.3. The van der Waals surface area contributed by atoms with E-state index in [1.807, 2.05) is 0 Å². The average Bonchev–Trinajstić information content (AvgIpc) is 3.85. The van der Waals surface area contributed by atoms with Crippen LogP contribution in [0.15, 0.2) is 96.0 Å². The second-order valence-corrected chi connectivity index (χ2v) is 15.8. The molecule has 2 bridgehead atoms. The van der Waals surface area contributed by atoms with Gasteiger partial charge in [-0.25, -0.2) is 0 Å². The third-order valence-corrected chi connectivity index (χ3v) is 13.0. The van der Waals surface area contributed by atoms with Gasteiger partial charge in [0, 0.05) is 6.54 Å². The molecule has 0 radical (unpaired) electrons. The Morgan fingerprint density at radius 2 is 1.22 bits per heavy atom. The smallest absolute Gasteiger partial charge is 0.0622 e. The van der Waals surface area contributed by atoms with Crippen molar-refractivity contribution in [2.75, 3.05) is 6.54 Å². The number of hydrogen-bond acceptors (Lipinski definition) is 1. The first-order chi connectivity index (χ1) is 21.5. The van der Waals surface area contributed by atoms with Crippen molar-refractivity contribution in [3.8, 4) is 0 Å². The minimum absolute atomic E-state index is 0. The average molecular weight is 777 g/mol. The molecular formula is C40H53ClFeNPPd+2. The zero-order valence-corrected chi connectivity index (χ0v) is 31.8. The van der Waals surface area contributed by atoms with Crippen LogP contribution in [0.3, 0.4) is 0 Å². The molecule has 0 N–H and O–H groups in total. The van der Waals surface area contributed by atoms with Crippen molar-refractivity contribution in [2.24, 2.45) is 34.1 Å². The summed E-state index contributed by atoms with van der Waals surface area (Å²) < 4.78 is 0. The van der Waals surface area contributed by atoms with Crippen LogP contribution in [-0.4, -0.2) is 12.3 Å². The van der Waals surface area contributed by atoms with Gasteiger partial charge >= 0.3 is 44.8 Å². The molecule has 4 atom stereocenters. The molecular weight excluding hydrogens is 723 g/mol. The van der Waals surface area contributed by atoms with E-state index in [4.69, 9.17) is 4.99 Å². The molecule has 5 aliphatic rings. The Balaban J connectivity index is 0.000000199. The number of rotatable bonds is 6. The molecule has 8 rings (SSSR count). The largest absolute Gasteiger partial charge is 2.00 e. The van der Waals surface area contributed by atoms with E-state index in [0.717, 1.165) is 24.3 Å². The van der Waals surface area contributed by atoms with Crippen LogP contribution >= 0.6 is 17.5 Å². The molecule has 3 aromatic rings. The number of aliphatic imine (C=N–C) groups is 1. The zero-order valence-electron chi connectivity index (χ0n) is 27.5. The van der Waals surface area contributed by atoms with Crippen LogP contribution in [0, 0.1) is 35.5 Å². The zero-order chi connectivity index (χ0) is 31.2. The van der Waals surface area contributed by atoms with Crippen LogP contribution in [0.5, 0.6) is 0 Å².